The fourth-order valence-corrected chi connectivity index (χ4v) is 4.72. The maximum absolute atomic E-state index is 14.6. The van der Waals surface area contributed by atoms with Crippen LogP contribution in [0.1, 0.15) is 43.6 Å². The number of halogens is 2. The van der Waals surface area contributed by atoms with E-state index < -0.39 is 47.2 Å². The summed E-state index contributed by atoms with van der Waals surface area (Å²) in [5.41, 5.74) is -1.87. The predicted octanol–water partition coefficient (Wildman–Crippen LogP) is 2.85. The summed E-state index contributed by atoms with van der Waals surface area (Å²) < 4.78 is 36.7. The fraction of sp³-hybridized carbons (Fsp3) is 0.379. The van der Waals surface area contributed by atoms with Gasteiger partial charge in [0.2, 0.25) is 5.91 Å². The lowest BCUT2D eigenvalue weighted by molar-refractivity contribution is -0.120. The fourth-order valence-electron chi connectivity index (χ4n) is 4.72. The molecule has 0 saturated carbocycles. The molecule has 41 heavy (non-hydrogen) atoms. The number of nitrogens with zero attached hydrogens (tertiary/aromatic N) is 3. The van der Waals surface area contributed by atoms with E-state index in [-0.39, 0.29) is 49.0 Å². The number of aromatic nitrogens is 2. The number of carbonyl (C=O) groups excluding carboxylic acids is 2. The second-order valence-electron chi connectivity index (χ2n) is 10.8. The zero-order valence-corrected chi connectivity index (χ0v) is 23.4. The van der Waals surface area contributed by atoms with Gasteiger partial charge in [-0.25, -0.2) is 18.4 Å². The van der Waals surface area contributed by atoms with Crippen molar-refractivity contribution < 1.29 is 23.1 Å². The molecule has 1 atom stereocenters. The third-order valence-electron chi connectivity index (χ3n) is 6.65. The molecule has 2 aromatic carbocycles. The van der Waals surface area contributed by atoms with Crippen LogP contribution in [0.5, 0.6) is 0 Å². The lowest BCUT2D eigenvalue weighted by atomic mass is 10.1. The van der Waals surface area contributed by atoms with E-state index in [1.807, 2.05) is 0 Å². The van der Waals surface area contributed by atoms with Gasteiger partial charge in [-0.2, -0.15) is 0 Å². The van der Waals surface area contributed by atoms with Crippen LogP contribution in [-0.4, -0.2) is 46.4 Å². The summed E-state index contributed by atoms with van der Waals surface area (Å²) >= 11 is 0. The van der Waals surface area contributed by atoms with Crippen LogP contribution in [0, 0.1) is 18.6 Å². The van der Waals surface area contributed by atoms with Gasteiger partial charge < -0.3 is 20.3 Å². The molecule has 10 nitrogen and oxygen atoms in total. The Hall–Kier alpha value is -4.48. The Labute approximate surface area is 235 Å². The molecule has 2 N–H and O–H groups in total. The number of nitrogens with one attached hydrogen (secondary N) is 2. The molecule has 12 heteroatoms. The molecule has 218 valence electrons. The molecule has 1 aromatic heterocycles. The largest absolute Gasteiger partial charge is 0.444 e. The monoisotopic (exact) mass is 569 g/mol. The number of hydrogen-bond donors (Lipinski definition) is 2. The molecule has 1 fully saturated rings. The van der Waals surface area contributed by atoms with E-state index in [0.29, 0.717) is 5.56 Å². The maximum Gasteiger partial charge on any atom is 0.408 e. The van der Waals surface area contributed by atoms with Crippen LogP contribution in [0.4, 0.5) is 19.3 Å². The van der Waals surface area contributed by atoms with E-state index in [0.717, 1.165) is 21.3 Å². The van der Waals surface area contributed by atoms with Crippen LogP contribution in [0.15, 0.2) is 58.1 Å². The summed E-state index contributed by atoms with van der Waals surface area (Å²) in [4.78, 5) is 54.3. The van der Waals surface area contributed by atoms with Crippen molar-refractivity contribution in [2.45, 2.75) is 52.4 Å². The zero-order chi connectivity index (χ0) is 29.9. The van der Waals surface area contributed by atoms with Crippen molar-refractivity contribution in [2.75, 3.05) is 24.5 Å². The van der Waals surface area contributed by atoms with E-state index in [4.69, 9.17) is 4.74 Å². The van der Waals surface area contributed by atoms with E-state index in [9.17, 15) is 28.0 Å². The Morgan fingerprint density at radius 3 is 2.29 bits per heavy atom. The van der Waals surface area contributed by atoms with Crippen LogP contribution in [0.3, 0.4) is 0 Å². The van der Waals surface area contributed by atoms with Crippen molar-refractivity contribution in [2.24, 2.45) is 0 Å². The van der Waals surface area contributed by atoms with E-state index in [2.05, 4.69) is 10.6 Å². The number of amides is 2. The Morgan fingerprint density at radius 2 is 1.68 bits per heavy atom. The third-order valence-corrected chi connectivity index (χ3v) is 6.65. The highest BCUT2D eigenvalue weighted by atomic mass is 19.1. The highest BCUT2D eigenvalue weighted by molar-refractivity contribution is 5.82. The third kappa shape index (κ3) is 6.82. The number of rotatable bonds is 7. The molecule has 1 unspecified atom stereocenters. The molecular formula is C29H33F2N5O5. The molecule has 0 aliphatic carbocycles. The van der Waals surface area contributed by atoms with Crippen LogP contribution >= 0.6 is 0 Å². The van der Waals surface area contributed by atoms with E-state index in [1.54, 1.807) is 56.0 Å². The number of carbonyl (C=O) groups is 2. The molecule has 4 rings (SSSR count). The highest BCUT2D eigenvalue weighted by Gasteiger charge is 2.28. The molecule has 1 aliphatic heterocycles. The topological polar surface area (TPSA) is 115 Å². The van der Waals surface area contributed by atoms with Crippen molar-refractivity contribution in [1.82, 2.24) is 19.8 Å². The molecule has 3 aromatic rings. The normalized spacial score (nSPS) is 14.4. The quantitative estimate of drug-likeness (QED) is 0.453. The van der Waals surface area contributed by atoms with Gasteiger partial charge >= 0.3 is 11.8 Å². The van der Waals surface area contributed by atoms with Gasteiger partial charge in [-0.05, 0) is 45.4 Å². The molecular weight excluding hydrogens is 536 g/mol. The van der Waals surface area contributed by atoms with Crippen LogP contribution in [0.25, 0.3) is 0 Å². The van der Waals surface area contributed by atoms with Crippen molar-refractivity contribution in [1.29, 1.82) is 0 Å². The first kappa shape index (κ1) is 29.5. The standard InChI is InChI=1S/C29H33F2N5O5/c1-18-25(34-14-13-32-24(37)17-34)26(38)36(28(40)35(18)15-20-21(30)11-8-12-22(20)31)16-23(19-9-6-5-7-10-19)33-27(39)41-29(2,3)4/h5-12,23H,13-17H2,1-4H3,(H,32,37)(H,33,39). The minimum atomic E-state index is -0.879. The molecule has 1 aliphatic rings. The Balaban J connectivity index is 1.87. The van der Waals surface area contributed by atoms with Gasteiger partial charge in [0.05, 0.1) is 25.7 Å². The minimum Gasteiger partial charge on any atom is -0.444 e. The Kier molecular flexibility index (Phi) is 8.60. The van der Waals surface area contributed by atoms with Gasteiger partial charge in [0, 0.05) is 24.3 Å². The highest BCUT2D eigenvalue weighted by Crippen LogP contribution is 2.21. The predicted molar refractivity (Wildman–Crippen MR) is 149 cm³/mol. The first-order chi connectivity index (χ1) is 19.4. The number of alkyl carbamates (subject to hydrolysis) is 1. The average molecular weight is 570 g/mol. The van der Waals surface area contributed by atoms with Crippen LogP contribution < -0.4 is 26.8 Å². The summed E-state index contributed by atoms with van der Waals surface area (Å²) in [5.74, 6) is -2.00. The first-order valence-corrected chi connectivity index (χ1v) is 13.2. The van der Waals surface area contributed by atoms with E-state index >= 15 is 0 Å². The maximum atomic E-state index is 14.6. The van der Waals surface area contributed by atoms with Gasteiger partial charge in [-0.15, -0.1) is 0 Å². The Morgan fingerprint density at radius 1 is 1.02 bits per heavy atom. The number of anilines is 1. The smallest absolute Gasteiger partial charge is 0.408 e. The molecule has 0 bridgehead atoms. The van der Waals surface area contributed by atoms with Gasteiger partial charge in [-0.3, -0.25) is 18.7 Å². The van der Waals surface area contributed by atoms with Gasteiger partial charge in [0.25, 0.3) is 5.56 Å². The zero-order valence-electron chi connectivity index (χ0n) is 23.4. The summed E-state index contributed by atoms with van der Waals surface area (Å²) in [6.07, 6.45) is -0.756. The summed E-state index contributed by atoms with van der Waals surface area (Å²) in [5, 5.41) is 5.43. The average Bonchev–Trinajstić information content (AvgIpc) is 2.89. The lowest BCUT2D eigenvalue weighted by Crippen LogP contribution is -2.53. The van der Waals surface area contributed by atoms with Gasteiger partial charge in [0.15, 0.2) is 0 Å². The Bertz CT molecular complexity index is 1540. The summed E-state index contributed by atoms with van der Waals surface area (Å²) in [6, 6.07) is 11.2. The number of benzene rings is 2. The number of piperazine rings is 1. The van der Waals surface area contributed by atoms with Crippen molar-refractivity contribution in [3.05, 3.63) is 97.8 Å². The number of ether oxygens (including phenoxy) is 1. The number of hydrogen-bond acceptors (Lipinski definition) is 6. The minimum absolute atomic E-state index is 0.0558. The molecule has 0 spiro atoms. The second kappa shape index (κ2) is 11.9. The molecule has 2 heterocycles. The summed E-state index contributed by atoms with van der Waals surface area (Å²) in [7, 11) is 0. The molecule has 1 saturated heterocycles. The van der Waals surface area contributed by atoms with Crippen molar-refractivity contribution in [3.8, 4) is 0 Å². The van der Waals surface area contributed by atoms with Crippen LogP contribution in [0.2, 0.25) is 0 Å². The van der Waals surface area contributed by atoms with Crippen LogP contribution in [-0.2, 0) is 22.6 Å². The van der Waals surface area contributed by atoms with Gasteiger partial charge in [-0.1, -0.05) is 36.4 Å². The van der Waals surface area contributed by atoms with Gasteiger partial charge in [0.1, 0.15) is 22.9 Å². The second-order valence-corrected chi connectivity index (χ2v) is 10.8. The molecule has 0 radical (unpaired) electrons. The van der Waals surface area contributed by atoms with E-state index in [1.165, 1.54) is 13.0 Å². The summed E-state index contributed by atoms with van der Waals surface area (Å²) in [6.45, 7) is 6.22. The molecule has 2 amide bonds. The van der Waals surface area contributed by atoms with Crippen molar-refractivity contribution >= 4 is 17.7 Å². The first-order valence-electron chi connectivity index (χ1n) is 13.2. The van der Waals surface area contributed by atoms with Crippen molar-refractivity contribution in [3.63, 3.8) is 0 Å². The SMILES string of the molecule is Cc1c(N2CCNC(=O)C2)c(=O)n(CC(NC(=O)OC(C)(C)C)c2ccccc2)c(=O)n1Cc1c(F)cccc1F. The lowest BCUT2D eigenvalue weighted by Gasteiger charge is -2.31.